The maximum atomic E-state index is 12.7. The van der Waals surface area contributed by atoms with Crippen LogP contribution in [0.15, 0.2) is 27.6 Å². The molecule has 0 spiro atoms. The lowest BCUT2D eigenvalue weighted by Gasteiger charge is -2.21. The van der Waals surface area contributed by atoms with Crippen LogP contribution in [0.2, 0.25) is 0 Å². The lowest BCUT2D eigenvalue weighted by atomic mass is 10.2. The molecule has 2 aliphatic carbocycles. The second-order valence-corrected chi connectivity index (χ2v) is 9.44. The molecular weight excluding hydrogens is 394 g/mol. The fourth-order valence-corrected chi connectivity index (χ4v) is 5.86. The molecule has 0 radical (unpaired) electrons. The Morgan fingerprint density at radius 3 is 3.07 bits per heavy atom. The Bertz CT molecular complexity index is 1070. The first-order valence-electron chi connectivity index (χ1n) is 9.62. The van der Waals surface area contributed by atoms with E-state index >= 15 is 0 Å². The first kappa shape index (κ1) is 18.0. The highest BCUT2D eigenvalue weighted by Crippen LogP contribution is 2.34. The van der Waals surface area contributed by atoms with Gasteiger partial charge in [0, 0.05) is 10.9 Å². The van der Waals surface area contributed by atoms with Crippen LogP contribution in [0.1, 0.15) is 41.3 Å². The first-order valence-corrected chi connectivity index (χ1v) is 11.6. The number of thioether (sulfide) groups is 1. The van der Waals surface area contributed by atoms with Crippen molar-refractivity contribution >= 4 is 39.2 Å². The largest absolute Gasteiger partial charge is 0.467 e. The molecule has 2 aliphatic rings. The van der Waals surface area contributed by atoms with Crippen LogP contribution < -0.4 is 5.56 Å². The summed E-state index contributed by atoms with van der Waals surface area (Å²) in [7, 11) is 0. The number of furan rings is 1. The summed E-state index contributed by atoms with van der Waals surface area (Å²) in [6.45, 7) is 0.527. The monoisotopic (exact) mass is 415 g/mol. The van der Waals surface area contributed by atoms with E-state index in [4.69, 9.17) is 4.42 Å². The smallest absolute Gasteiger partial charge is 0.259 e. The summed E-state index contributed by atoms with van der Waals surface area (Å²) in [6.07, 6.45) is 6.93. The molecule has 8 heteroatoms. The number of fused-ring (bicyclic) bond motifs is 3. The fourth-order valence-electron chi connectivity index (χ4n) is 3.81. The second kappa shape index (κ2) is 7.40. The van der Waals surface area contributed by atoms with Crippen molar-refractivity contribution in [1.82, 2.24) is 14.9 Å². The van der Waals surface area contributed by atoms with Crippen molar-refractivity contribution in [3.63, 3.8) is 0 Å². The van der Waals surface area contributed by atoms with Crippen molar-refractivity contribution in [1.29, 1.82) is 0 Å². The summed E-state index contributed by atoms with van der Waals surface area (Å²) < 4.78 is 5.40. The van der Waals surface area contributed by atoms with Gasteiger partial charge in [-0.05, 0) is 49.8 Å². The number of H-pyrrole nitrogens is 1. The highest BCUT2D eigenvalue weighted by molar-refractivity contribution is 7.99. The Morgan fingerprint density at radius 2 is 2.29 bits per heavy atom. The zero-order valence-electron chi connectivity index (χ0n) is 15.4. The molecule has 0 bridgehead atoms. The number of thiophene rings is 1. The number of hydrogen-bond acceptors (Lipinski definition) is 6. The van der Waals surface area contributed by atoms with Crippen molar-refractivity contribution in [2.75, 3.05) is 5.75 Å². The summed E-state index contributed by atoms with van der Waals surface area (Å²) in [5.41, 5.74) is 1.16. The van der Waals surface area contributed by atoms with E-state index in [9.17, 15) is 9.59 Å². The molecular formula is C20H21N3O3S2. The van der Waals surface area contributed by atoms with Crippen molar-refractivity contribution in [2.45, 2.75) is 50.4 Å². The van der Waals surface area contributed by atoms with Crippen molar-refractivity contribution in [3.8, 4) is 0 Å². The van der Waals surface area contributed by atoms with Gasteiger partial charge in [0.05, 0.1) is 29.7 Å². The predicted molar refractivity (Wildman–Crippen MR) is 111 cm³/mol. The van der Waals surface area contributed by atoms with Crippen LogP contribution in [0.4, 0.5) is 0 Å². The van der Waals surface area contributed by atoms with Crippen molar-refractivity contribution < 1.29 is 9.21 Å². The van der Waals surface area contributed by atoms with Gasteiger partial charge >= 0.3 is 0 Å². The summed E-state index contributed by atoms with van der Waals surface area (Å²) >= 11 is 3.15. The Morgan fingerprint density at radius 1 is 1.39 bits per heavy atom. The number of carbonyl (C=O) groups excluding carboxylic acids is 1. The maximum Gasteiger partial charge on any atom is 0.259 e. The zero-order valence-corrected chi connectivity index (χ0v) is 17.0. The number of amides is 1. The molecule has 3 aromatic heterocycles. The molecule has 1 saturated carbocycles. The maximum absolute atomic E-state index is 12.7. The van der Waals surface area contributed by atoms with E-state index in [0.29, 0.717) is 29.9 Å². The van der Waals surface area contributed by atoms with E-state index in [2.05, 4.69) is 9.97 Å². The van der Waals surface area contributed by atoms with Gasteiger partial charge in [-0.1, -0.05) is 0 Å². The number of nitrogens with zero attached hydrogens (tertiary/aromatic N) is 2. The molecule has 1 amide bonds. The highest BCUT2D eigenvalue weighted by atomic mass is 32.2. The van der Waals surface area contributed by atoms with E-state index in [1.807, 2.05) is 17.0 Å². The summed E-state index contributed by atoms with van der Waals surface area (Å²) in [4.78, 5) is 36.8. The van der Waals surface area contributed by atoms with Gasteiger partial charge < -0.3 is 14.3 Å². The fraction of sp³-hybridized carbons (Fsp3) is 0.450. The number of hydrogen-bond donors (Lipinski definition) is 1. The summed E-state index contributed by atoms with van der Waals surface area (Å²) in [6, 6.07) is 4.08. The quantitative estimate of drug-likeness (QED) is 0.639. The normalized spacial score (nSPS) is 15.9. The zero-order chi connectivity index (χ0) is 19.1. The van der Waals surface area contributed by atoms with Crippen molar-refractivity contribution in [2.24, 2.45) is 0 Å². The Labute approximate surface area is 170 Å². The molecule has 0 aliphatic heterocycles. The third kappa shape index (κ3) is 3.51. The van der Waals surface area contributed by atoms with E-state index in [1.54, 1.807) is 17.6 Å². The number of aryl methyl sites for hydroxylation is 2. The van der Waals surface area contributed by atoms with Gasteiger partial charge in [0.1, 0.15) is 16.4 Å². The Kier molecular flexibility index (Phi) is 4.76. The summed E-state index contributed by atoms with van der Waals surface area (Å²) in [5, 5.41) is 0.778. The van der Waals surface area contributed by atoms with Crippen LogP contribution in [-0.2, 0) is 29.9 Å². The number of rotatable bonds is 7. The minimum absolute atomic E-state index is 0.0382. The molecule has 3 aromatic rings. The number of aromatic amines is 1. The second-order valence-electron chi connectivity index (χ2n) is 7.38. The highest BCUT2D eigenvalue weighted by Gasteiger charge is 2.32. The van der Waals surface area contributed by atoms with E-state index in [0.717, 1.165) is 48.1 Å². The molecule has 0 unspecified atom stereocenters. The van der Waals surface area contributed by atoms with Gasteiger partial charge in [0.2, 0.25) is 5.91 Å². The number of nitrogens with one attached hydrogen (secondary N) is 1. The van der Waals surface area contributed by atoms with Crippen LogP contribution in [0, 0.1) is 0 Å². The Balaban J connectivity index is 1.24. The van der Waals surface area contributed by atoms with Gasteiger partial charge in [0.25, 0.3) is 5.56 Å². The third-order valence-electron chi connectivity index (χ3n) is 5.30. The molecule has 1 fully saturated rings. The minimum atomic E-state index is -0.0382. The average Bonchev–Trinajstić information content (AvgIpc) is 3.04. The summed E-state index contributed by atoms with van der Waals surface area (Å²) in [5.74, 6) is 2.48. The molecule has 5 rings (SSSR count). The van der Waals surface area contributed by atoms with Gasteiger partial charge in [-0.25, -0.2) is 4.98 Å². The van der Waals surface area contributed by atoms with Gasteiger partial charge in [-0.3, -0.25) is 9.59 Å². The number of carbonyl (C=O) groups is 1. The molecule has 0 saturated heterocycles. The molecule has 28 heavy (non-hydrogen) atoms. The first-order chi connectivity index (χ1) is 13.7. The van der Waals surface area contributed by atoms with Crippen LogP contribution in [0.3, 0.4) is 0 Å². The van der Waals surface area contributed by atoms with Crippen LogP contribution >= 0.6 is 23.1 Å². The minimum Gasteiger partial charge on any atom is -0.467 e. The SMILES string of the molecule is O=C(CSCc1nc2sc3c(c2c(=O)[nH]1)CCC3)N(Cc1ccco1)C1CC1. The van der Waals surface area contributed by atoms with E-state index in [-0.39, 0.29) is 11.5 Å². The molecule has 146 valence electrons. The molecule has 0 atom stereocenters. The van der Waals surface area contributed by atoms with E-state index in [1.165, 1.54) is 22.2 Å². The van der Waals surface area contributed by atoms with Crippen LogP contribution in [-0.4, -0.2) is 32.6 Å². The van der Waals surface area contributed by atoms with Gasteiger partial charge in [-0.2, -0.15) is 0 Å². The number of aromatic nitrogens is 2. The van der Waals surface area contributed by atoms with Gasteiger partial charge in [0.15, 0.2) is 0 Å². The van der Waals surface area contributed by atoms with Crippen LogP contribution in [0.25, 0.3) is 10.2 Å². The standard InChI is InChI=1S/C20H21N3O3S2/c24-17(23(12-6-7-12)9-13-3-2-8-26-13)11-27-10-16-21-19(25)18-14-4-1-5-15(14)28-20(18)22-16/h2-3,8,12H,1,4-7,9-11H2,(H,21,22,25). The topological polar surface area (TPSA) is 79.2 Å². The predicted octanol–water partition coefficient (Wildman–Crippen LogP) is 3.49. The third-order valence-corrected chi connectivity index (χ3v) is 7.42. The van der Waals surface area contributed by atoms with E-state index < -0.39 is 0 Å². The molecule has 3 heterocycles. The lowest BCUT2D eigenvalue weighted by Crippen LogP contribution is -2.33. The van der Waals surface area contributed by atoms with Crippen molar-refractivity contribution in [3.05, 3.63) is 50.8 Å². The lowest BCUT2D eigenvalue weighted by molar-refractivity contribution is -0.129. The molecule has 0 aromatic carbocycles. The average molecular weight is 416 g/mol. The molecule has 6 nitrogen and oxygen atoms in total. The van der Waals surface area contributed by atoms with Gasteiger partial charge in [-0.15, -0.1) is 23.1 Å². The molecule has 1 N–H and O–H groups in total. The Hall–Kier alpha value is -2.06. The van der Waals surface area contributed by atoms with Crippen LogP contribution in [0.5, 0.6) is 0 Å².